The van der Waals surface area contributed by atoms with Crippen molar-refractivity contribution in [3.05, 3.63) is 11.6 Å². The number of ether oxygens (including phenoxy) is 1. The highest BCUT2D eigenvalue weighted by Gasteiger charge is 2.68. The molecule has 4 fully saturated rings. The average Bonchev–Trinajstić information content (AvgIpc) is 3.33. The molecular formula is C30H48O5. The number of aliphatic hydroxyl groups is 3. The summed E-state index contributed by atoms with van der Waals surface area (Å²) in [6.45, 7) is 15.3. The molecule has 1 aliphatic heterocycles. The van der Waals surface area contributed by atoms with Crippen molar-refractivity contribution >= 4 is 5.78 Å². The molecule has 0 aromatic heterocycles. The fourth-order valence-electron chi connectivity index (χ4n) is 9.98. The molecule has 3 saturated carbocycles. The lowest BCUT2D eigenvalue weighted by molar-refractivity contribution is -0.176. The number of allylic oxidation sites excluding steroid dienone is 2. The van der Waals surface area contributed by atoms with E-state index < -0.39 is 23.0 Å². The number of carbonyl (C=O) groups is 1. The summed E-state index contributed by atoms with van der Waals surface area (Å²) in [4.78, 5) is 12.9. The standard InChI is InChI=1S/C30H48O5/c1-17(14-21(32)25-26(2,3)35-25)18-10-12-29(6)19-8-9-22-27(4,16-31)23(33)15-24(34)30(22,7)20(19)11-13-28(18,29)5/h8,17-18,20-22,24-25,31-32,34H,9-16H2,1-7H3. The molecule has 11 unspecified atom stereocenters. The van der Waals surface area contributed by atoms with Crippen molar-refractivity contribution in [3.63, 3.8) is 0 Å². The lowest BCUT2D eigenvalue weighted by atomic mass is 9.40. The normalized spacial score (nSPS) is 52.1. The van der Waals surface area contributed by atoms with E-state index >= 15 is 0 Å². The predicted molar refractivity (Wildman–Crippen MR) is 136 cm³/mol. The van der Waals surface area contributed by atoms with Gasteiger partial charge in [0.05, 0.1) is 29.8 Å². The Kier molecular flexibility index (Phi) is 5.83. The Balaban J connectivity index is 1.44. The zero-order valence-electron chi connectivity index (χ0n) is 22.9. The Labute approximate surface area is 211 Å². The lowest BCUT2D eigenvalue weighted by Crippen LogP contribution is -2.63. The SMILES string of the molecule is CC(CC(O)C1OC1(C)C)C1CCC2(C)C3=CCC4C(C)(CO)C(=O)CC(O)C4(C)C3CCC12C. The van der Waals surface area contributed by atoms with Gasteiger partial charge in [0.1, 0.15) is 11.9 Å². The van der Waals surface area contributed by atoms with Gasteiger partial charge in [-0.2, -0.15) is 0 Å². The van der Waals surface area contributed by atoms with Crippen LogP contribution in [-0.2, 0) is 9.53 Å². The monoisotopic (exact) mass is 488 g/mol. The van der Waals surface area contributed by atoms with E-state index in [0.717, 1.165) is 38.5 Å². The van der Waals surface area contributed by atoms with Gasteiger partial charge in [0, 0.05) is 11.8 Å². The number of fused-ring (bicyclic) bond motifs is 5. The average molecular weight is 489 g/mol. The molecular weight excluding hydrogens is 440 g/mol. The van der Waals surface area contributed by atoms with E-state index in [1.165, 1.54) is 5.57 Å². The Hall–Kier alpha value is -0.750. The molecule has 0 spiro atoms. The molecule has 11 atom stereocenters. The maximum Gasteiger partial charge on any atom is 0.143 e. The molecule has 1 saturated heterocycles. The number of hydrogen-bond acceptors (Lipinski definition) is 5. The van der Waals surface area contributed by atoms with Crippen LogP contribution in [0.3, 0.4) is 0 Å². The van der Waals surface area contributed by atoms with E-state index in [9.17, 15) is 20.1 Å². The summed E-state index contributed by atoms with van der Waals surface area (Å²) >= 11 is 0. The fraction of sp³-hybridized carbons (Fsp3) is 0.900. The quantitative estimate of drug-likeness (QED) is 0.387. The van der Waals surface area contributed by atoms with Gasteiger partial charge in [-0.05, 0) is 86.9 Å². The molecule has 5 heteroatoms. The summed E-state index contributed by atoms with van der Waals surface area (Å²) in [6.07, 6.45) is 7.39. The maximum atomic E-state index is 12.9. The van der Waals surface area contributed by atoms with Crippen molar-refractivity contribution in [3.8, 4) is 0 Å². The van der Waals surface area contributed by atoms with E-state index in [2.05, 4.69) is 47.6 Å². The van der Waals surface area contributed by atoms with Crippen LogP contribution in [0.2, 0.25) is 0 Å². The second kappa shape index (κ2) is 7.88. The molecule has 0 aromatic carbocycles. The zero-order valence-corrected chi connectivity index (χ0v) is 22.9. The first-order valence-electron chi connectivity index (χ1n) is 14.1. The Morgan fingerprint density at radius 2 is 1.77 bits per heavy atom. The van der Waals surface area contributed by atoms with E-state index in [4.69, 9.17) is 4.74 Å². The zero-order chi connectivity index (χ0) is 25.8. The summed E-state index contributed by atoms with van der Waals surface area (Å²) in [5.41, 5.74) is 0.330. The molecule has 4 aliphatic carbocycles. The van der Waals surface area contributed by atoms with Crippen molar-refractivity contribution in [2.24, 2.45) is 45.3 Å². The summed E-state index contributed by atoms with van der Waals surface area (Å²) in [6, 6.07) is 0. The number of rotatable bonds is 5. The number of epoxide rings is 1. The molecule has 3 N–H and O–H groups in total. The summed E-state index contributed by atoms with van der Waals surface area (Å²) in [5.74, 6) is 1.17. The topological polar surface area (TPSA) is 90.3 Å². The molecule has 0 amide bonds. The second-order valence-electron chi connectivity index (χ2n) is 14.4. The third kappa shape index (κ3) is 3.30. The van der Waals surface area contributed by atoms with E-state index in [-0.39, 0.29) is 53.2 Å². The van der Waals surface area contributed by atoms with Gasteiger partial charge in [0.25, 0.3) is 0 Å². The molecule has 5 nitrogen and oxygen atoms in total. The fourth-order valence-corrected chi connectivity index (χ4v) is 9.98. The highest BCUT2D eigenvalue weighted by atomic mass is 16.6. The van der Waals surface area contributed by atoms with E-state index in [1.54, 1.807) is 0 Å². The lowest BCUT2D eigenvalue weighted by Gasteiger charge is -2.64. The van der Waals surface area contributed by atoms with Crippen LogP contribution in [0.25, 0.3) is 0 Å². The van der Waals surface area contributed by atoms with Crippen LogP contribution in [0, 0.1) is 45.3 Å². The van der Waals surface area contributed by atoms with Gasteiger partial charge in [0.2, 0.25) is 0 Å². The van der Waals surface area contributed by atoms with Crippen LogP contribution in [0.4, 0.5) is 0 Å². The van der Waals surface area contributed by atoms with Gasteiger partial charge in [-0.1, -0.05) is 46.3 Å². The summed E-state index contributed by atoms with van der Waals surface area (Å²) in [7, 11) is 0. The van der Waals surface area contributed by atoms with E-state index in [1.807, 2.05) is 6.92 Å². The Morgan fingerprint density at radius 3 is 2.37 bits per heavy atom. The van der Waals surface area contributed by atoms with Gasteiger partial charge in [-0.25, -0.2) is 0 Å². The van der Waals surface area contributed by atoms with Crippen LogP contribution < -0.4 is 0 Å². The first-order chi connectivity index (χ1) is 16.2. The van der Waals surface area contributed by atoms with Crippen LogP contribution in [0.15, 0.2) is 11.6 Å². The highest BCUT2D eigenvalue weighted by molar-refractivity contribution is 5.87. The number of aliphatic hydroxyl groups excluding tert-OH is 3. The smallest absolute Gasteiger partial charge is 0.143 e. The van der Waals surface area contributed by atoms with Crippen molar-refractivity contribution < 1.29 is 24.9 Å². The minimum atomic E-state index is -0.779. The largest absolute Gasteiger partial charge is 0.395 e. The number of ketones is 1. The minimum Gasteiger partial charge on any atom is -0.395 e. The molecule has 0 bridgehead atoms. The van der Waals surface area contributed by atoms with Gasteiger partial charge in [-0.3, -0.25) is 4.79 Å². The second-order valence-corrected chi connectivity index (χ2v) is 14.4. The maximum absolute atomic E-state index is 12.9. The number of carbonyl (C=O) groups excluding carboxylic acids is 1. The predicted octanol–water partition coefficient (Wildman–Crippen LogP) is 4.67. The molecule has 35 heavy (non-hydrogen) atoms. The van der Waals surface area contributed by atoms with Crippen molar-refractivity contribution in [2.45, 2.75) is 117 Å². The Morgan fingerprint density at radius 1 is 1.11 bits per heavy atom. The number of hydrogen-bond donors (Lipinski definition) is 3. The van der Waals surface area contributed by atoms with E-state index in [0.29, 0.717) is 11.8 Å². The van der Waals surface area contributed by atoms with Gasteiger partial charge in [0.15, 0.2) is 0 Å². The van der Waals surface area contributed by atoms with Gasteiger partial charge >= 0.3 is 0 Å². The molecule has 5 rings (SSSR count). The molecule has 198 valence electrons. The molecule has 0 radical (unpaired) electrons. The van der Waals surface area contributed by atoms with Crippen molar-refractivity contribution in [1.82, 2.24) is 0 Å². The van der Waals surface area contributed by atoms with Crippen LogP contribution in [-0.4, -0.2) is 51.6 Å². The van der Waals surface area contributed by atoms with Crippen LogP contribution >= 0.6 is 0 Å². The van der Waals surface area contributed by atoms with Crippen LogP contribution in [0.5, 0.6) is 0 Å². The highest BCUT2D eigenvalue weighted by Crippen LogP contribution is 2.73. The number of Topliss-reactive ketones (excluding diaryl/α,β-unsaturated/α-hetero) is 1. The van der Waals surface area contributed by atoms with Gasteiger partial charge < -0.3 is 20.1 Å². The first kappa shape index (κ1) is 25.9. The molecule has 0 aromatic rings. The third-order valence-electron chi connectivity index (χ3n) is 12.6. The van der Waals surface area contributed by atoms with Gasteiger partial charge in [-0.15, -0.1) is 0 Å². The third-order valence-corrected chi connectivity index (χ3v) is 12.6. The molecule has 1 heterocycles. The van der Waals surface area contributed by atoms with Crippen molar-refractivity contribution in [1.29, 1.82) is 0 Å². The summed E-state index contributed by atoms with van der Waals surface area (Å²) < 4.78 is 5.73. The summed E-state index contributed by atoms with van der Waals surface area (Å²) in [5, 5.41) is 32.5. The molecule has 5 aliphatic rings. The Bertz CT molecular complexity index is 926. The van der Waals surface area contributed by atoms with Crippen LogP contribution in [0.1, 0.15) is 93.4 Å². The minimum absolute atomic E-state index is 0.00909. The first-order valence-corrected chi connectivity index (χ1v) is 14.1. The van der Waals surface area contributed by atoms with Crippen molar-refractivity contribution in [2.75, 3.05) is 6.61 Å².